The number of carbonyl (C=O) groups is 1. The van der Waals surface area contributed by atoms with Crippen LogP contribution in [0.3, 0.4) is 0 Å². The van der Waals surface area contributed by atoms with Gasteiger partial charge >= 0.3 is 0 Å². The molecular formula is C16H22N6O2S. The number of aromatic nitrogens is 4. The molecule has 25 heavy (non-hydrogen) atoms. The molecule has 4 rings (SSSR count). The molecule has 3 heterocycles. The van der Waals surface area contributed by atoms with E-state index in [0.717, 1.165) is 37.0 Å². The van der Waals surface area contributed by atoms with E-state index in [1.165, 1.54) is 31.0 Å². The van der Waals surface area contributed by atoms with Gasteiger partial charge in [-0.1, -0.05) is 16.9 Å². The predicted octanol–water partition coefficient (Wildman–Crippen LogP) is 2.63. The second kappa shape index (κ2) is 7.07. The van der Waals surface area contributed by atoms with Gasteiger partial charge in [-0.3, -0.25) is 9.36 Å². The normalized spacial score (nSPS) is 17.7. The first kappa shape index (κ1) is 16.4. The lowest BCUT2D eigenvalue weighted by molar-refractivity contribution is -0.113. The van der Waals surface area contributed by atoms with Crippen molar-refractivity contribution in [1.29, 1.82) is 0 Å². The second-order valence-corrected chi connectivity index (χ2v) is 7.53. The van der Waals surface area contributed by atoms with Crippen LogP contribution in [0.1, 0.15) is 43.9 Å². The summed E-state index contributed by atoms with van der Waals surface area (Å²) in [5, 5.41) is 16.1. The van der Waals surface area contributed by atoms with Crippen LogP contribution >= 0.6 is 11.8 Å². The van der Waals surface area contributed by atoms with Crippen molar-refractivity contribution < 1.29 is 9.32 Å². The Labute approximate surface area is 150 Å². The number of amides is 1. The number of thioether (sulfide) groups is 1. The number of hydrogen-bond acceptors (Lipinski definition) is 7. The fourth-order valence-corrected chi connectivity index (χ4v) is 3.86. The molecule has 1 N–H and O–H groups in total. The Bertz CT molecular complexity index is 748. The SMILES string of the molecule is Cc1cc(NC(=O)CSc2nnc(N3CCCCC3)n2C2CC2)no1. The number of hydrogen-bond donors (Lipinski definition) is 1. The van der Waals surface area contributed by atoms with E-state index in [0.29, 0.717) is 17.6 Å². The van der Waals surface area contributed by atoms with Gasteiger partial charge in [-0.05, 0) is 39.0 Å². The van der Waals surface area contributed by atoms with Gasteiger partial charge in [0.05, 0.1) is 5.75 Å². The lowest BCUT2D eigenvalue weighted by Crippen LogP contribution is -2.32. The maximum absolute atomic E-state index is 12.1. The van der Waals surface area contributed by atoms with Crippen molar-refractivity contribution in [1.82, 2.24) is 19.9 Å². The summed E-state index contributed by atoms with van der Waals surface area (Å²) >= 11 is 1.43. The number of anilines is 2. The zero-order valence-electron chi connectivity index (χ0n) is 14.3. The maximum Gasteiger partial charge on any atom is 0.236 e. The van der Waals surface area contributed by atoms with E-state index in [2.05, 4.69) is 30.1 Å². The Morgan fingerprint density at radius 1 is 1.32 bits per heavy atom. The first-order valence-electron chi connectivity index (χ1n) is 8.76. The summed E-state index contributed by atoms with van der Waals surface area (Å²) in [4.78, 5) is 14.4. The molecule has 0 atom stereocenters. The zero-order chi connectivity index (χ0) is 17.2. The summed E-state index contributed by atoms with van der Waals surface area (Å²) in [6.07, 6.45) is 6.03. The lowest BCUT2D eigenvalue weighted by atomic mass is 10.1. The van der Waals surface area contributed by atoms with E-state index in [9.17, 15) is 4.79 Å². The largest absolute Gasteiger partial charge is 0.360 e. The molecule has 1 aliphatic carbocycles. The minimum atomic E-state index is -0.122. The molecule has 2 aromatic rings. The molecular weight excluding hydrogens is 340 g/mol. The Morgan fingerprint density at radius 2 is 2.12 bits per heavy atom. The lowest BCUT2D eigenvalue weighted by Gasteiger charge is -2.27. The third-order valence-electron chi connectivity index (χ3n) is 4.43. The van der Waals surface area contributed by atoms with Crippen LogP contribution in [0.4, 0.5) is 11.8 Å². The van der Waals surface area contributed by atoms with Crippen molar-refractivity contribution in [2.75, 3.05) is 29.1 Å². The fourth-order valence-electron chi connectivity index (χ4n) is 3.06. The molecule has 0 bridgehead atoms. The highest BCUT2D eigenvalue weighted by Crippen LogP contribution is 2.41. The Kier molecular flexibility index (Phi) is 4.65. The fraction of sp³-hybridized carbons (Fsp3) is 0.625. The number of carbonyl (C=O) groups excluding carboxylic acids is 1. The molecule has 9 heteroatoms. The first-order chi connectivity index (χ1) is 12.2. The van der Waals surface area contributed by atoms with Crippen molar-refractivity contribution >= 4 is 29.4 Å². The predicted molar refractivity (Wildman–Crippen MR) is 95.0 cm³/mol. The van der Waals surface area contributed by atoms with Crippen LogP contribution in [-0.4, -0.2) is 44.7 Å². The van der Waals surface area contributed by atoms with Gasteiger partial charge in [-0.25, -0.2) is 0 Å². The van der Waals surface area contributed by atoms with Crippen molar-refractivity contribution in [3.05, 3.63) is 11.8 Å². The first-order valence-corrected chi connectivity index (χ1v) is 9.75. The maximum atomic E-state index is 12.1. The smallest absolute Gasteiger partial charge is 0.236 e. The van der Waals surface area contributed by atoms with Crippen LogP contribution in [0.5, 0.6) is 0 Å². The zero-order valence-corrected chi connectivity index (χ0v) is 15.1. The number of nitrogens with one attached hydrogen (secondary N) is 1. The molecule has 1 saturated carbocycles. The van der Waals surface area contributed by atoms with E-state index in [1.807, 2.05) is 0 Å². The molecule has 0 unspecified atom stereocenters. The molecule has 8 nitrogen and oxygen atoms in total. The van der Waals surface area contributed by atoms with Gasteiger partial charge in [0.15, 0.2) is 11.0 Å². The van der Waals surface area contributed by atoms with Crippen molar-refractivity contribution in [2.45, 2.75) is 50.2 Å². The van der Waals surface area contributed by atoms with Gasteiger partial charge in [-0.15, -0.1) is 10.2 Å². The van der Waals surface area contributed by atoms with Crippen LogP contribution < -0.4 is 10.2 Å². The highest BCUT2D eigenvalue weighted by atomic mass is 32.2. The minimum absolute atomic E-state index is 0.122. The topological polar surface area (TPSA) is 89.1 Å². The molecule has 0 spiro atoms. The monoisotopic (exact) mass is 362 g/mol. The Balaban J connectivity index is 1.41. The standard InChI is InChI=1S/C16H22N6O2S/c1-11-9-13(20-24-11)17-14(23)10-25-16-19-18-15(22(16)12-5-6-12)21-7-3-2-4-8-21/h9,12H,2-8,10H2,1H3,(H,17,20,23). The second-order valence-electron chi connectivity index (χ2n) is 6.59. The molecule has 1 aliphatic heterocycles. The number of nitrogens with zero attached hydrogens (tertiary/aromatic N) is 5. The van der Waals surface area contributed by atoms with Crippen molar-refractivity contribution in [2.24, 2.45) is 0 Å². The van der Waals surface area contributed by atoms with E-state index in [4.69, 9.17) is 4.52 Å². The van der Waals surface area contributed by atoms with Crippen LogP contribution in [0.2, 0.25) is 0 Å². The minimum Gasteiger partial charge on any atom is -0.360 e. The van der Waals surface area contributed by atoms with Crippen LogP contribution in [0.25, 0.3) is 0 Å². The molecule has 1 amide bonds. The van der Waals surface area contributed by atoms with E-state index >= 15 is 0 Å². The average molecular weight is 362 g/mol. The van der Waals surface area contributed by atoms with Crippen LogP contribution in [0.15, 0.2) is 15.7 Å². The summed E-state index contributed by atoms with van der Waals surface area (Å²) in [7, 11) is 0. The van der Waals surface area contributed by atoms with Crippen LogP contribution in [0, 0.1) is 6.92 Å². The number of aryl methyl sites for hydroxylation is 1. The van der Waals surface area contributed by atoms with E-state index in [-0.39, 0.29) is 11.7 Å². The summed E-state index contributed by atoms with van der Waals surface area (Å²) in [5.74, 6) is 2.24. The molecule has 0 aromatic carbocycles. The van der Waals surface area contributed by atoms with E-state index in [1.54, 1.807) is 13.0 Å². The van der Waals surface area contributed by atoms with Crippen LogP contribution in [-0.2, 0) is 4.79 Å². The third-order valence-corrected chi connectivity index (χ3v) is 5.37. The van der Waals surface area contributed by atoms with E-state index < -0.39 is 0 Å². The van der Waals surface area contributed by atoms with Gasteiger partial charge in [0.2, 0.25) is 11.9 Å². The van der Waals surface area contributed by atoms with Gasteiger partial charge < -0.3 is 14.7 Å². The van der Waals surface area contributed by atoms with Gasteiger partial charge in [0.1, 0.15) is 5.76 Å². The highest BCUT2D eigenvalue weighted by Gasteiger charge is 2.32. The molecule has 2 aromatic heterocycles. The number of piperidine rings is 1. The molecule has 0 radical (unpaired) electrons. The van der Waals surface area contributed by atoms with Gasteiger partial charge in [0, 0.05) is 25.2 Å². The van der Waals surface area contributed by atoms with Gasteiger partial charge in [0.25, 0.3) is 0 Å². The average Bonchev–Trinajstić information content (AvgIpc) is 3.24. The molecule has 2 aliphatic rings. The molecule has 2 fully saturated rings. The Hall–Kier alpha value is -2.03. The van der Waals surface area contributed by atoms with Gasteiger partial charge in [-0.2, -0.15) is 0 Å². The van der Waals surface area contributed by atoms with Crippen molar-refractivity contribution in [3.8, 4) is 0 Å². The summed E-state index contributed by atoms with van der Waals surface area (Å²) in [5.41, 5.74) is 0. The quantitative estimate of drug-likeness (QED) is 0.790. The summed E-state index contributed by atoms with van der Waals surface area (Å²) < 4.78 is 7.18. The number of rotatable bonds is 6. The highest BCUT2D eigenvalue weighted by molar-refractivity contribution is 7.99. The van der Waals surface area contributed by atoms with Crippen molar-refractivity contribution in [3.63, 3.8) is 0 Å². The third kappa shape index (κ3) is 3.81. The Morgan fingerprint density at radius 3 is 2.80 bits per heavy atom. The molecule has 1 saturated heterocycles. The summed E-state index contributed by atoms with van der Waals surface area (Å²) in [6, 6.07) is 2.18. The molecule has 134 valence electrons. The summed E-state index contributed by atoms with van der Waals surface area (Å²) in [6.45, 7) is 3.88.